The minimum Gasteiger partial charge on any atom is -0.476 e. The standard InChI is InChI=1S/C19H18N6O8/c1-9-7-23(19(30)20-17(9)27)14-6-12(13(8-26)33-14)24-16(18(28)29)15(21-22-24)10-2-4-11(5-3-10)25(31)32/h2-5,7,12-14,26H,6,8H2,1H3,(H,28,29)(H,20,27,30)/t12-,13+,14+/m0/s1. The minimum absolute atomic E-state index is 0.0189. The predicted octanol–water partition coefficient (Wildman–Crippen LogP) is 0.231. The molecule has 1 aliphatic rings. The van der Waals surface area contributed by atoms with Gasteiger partial charge in [-0.25, -0.2) is 14.3 Å². The van der Waals surface area contributed by atoms with Gasteiger partial charge in [-0.15, -0.1) is 5.10 Å². The molecule has 172 valence electrons. The molecule has 1 aromatic carbocycles. The first-order valence-corrected chi connectivity index (χ1v) is 9.73. The summed E-state index contributed by atoms with van der Waals surface area (Å²) in [6, 6.07) is 4.36. The van der Waals surface area contributed by atoms with Crippen LogP contribution in [-0.2, 0) is 4.74 Å². The predicted molar refractivity (Wildman–Crippen MR) is 110 cm³/mol. The number of carboxylic acids is 1. The number of carboxylic acid groups (broad SMARTS) is 1. The number of ether oxygens (including phenoxy) is 1. The third kappa shape index (κ3) is 3.92. The summed E-state index contributed by atoms with van der Waals surface area (Å²) < 4.78 is 8.03. The first kappa shape index (κ1) is 22.0. The highest BCUT2D eigenvalue weighted by molar-refractivity contribution is 5.93. The topological polar surface area (TPSA) is 195 Å². The number of hydrogen-bond donors (Lipinski definition) is 3. The Labute approximate surface area is 183 Å². The highest BCUT2D eigenvalue weighted by atomic mass is 16.6. The smallest absolute Gasteiger partial charge is 0.356 e. The van der Waals surface area contributed by atoms with Gasteiger partial charge in [0.1, 0.15) is 18.0 Å². The highest BCUT2D eigenvalue weighted by Crippen LogP contribution is 2.37. The summed E-state index contributed by atoms with van der Waals surface area (Å²) in [7, 11) is 0. The summed E-state index contributed by atoms with van der Waals surface area (Å²) in [6.07, 6.45) is -0.438. The Bertz CT molecular complexity index is 1340. The number of nitrogens with one attached hydrogen (secondary N) is 1. The maximum absolute atomic E-state index is 12.2. The van der Waals surface area contributed by atoms with Crippen molar-refractivity contribution in [3.63, 3.8) is 0 Å². The third-order valence-corrected chi connectivity index (χ3v) is 5.40. The number of aromatic nitrogens is 5. The Balaban J connectivity index is 1.73. The number of nitro groups is 1. The maximum Gasteiger partial charge on any atom is 0.356 e. The number of nitrogens with zero attached hydrogens (tertiary/aromatic N) is 5. The number of rotatable bonds is 6. The Kier molecular flexibility index (Phi) is 5.61. The number of hydrogen-bond acceptors (Lipinski definition) is 9. The number of aliphatic hydroxyl groups is 1. The fraction of sp³-hybridized carbons (Fsp3) is 0.316. The lowest BCUT2D eigenvalue weighted by Crippen LogP contribution is -2.33. The van der Waals surface area contributed by atoms with Gasteiger partial charge in [0.15, 0.2) is 5.69 Å². The molecule has 0 radical (unpaired) electrons. The summed E-state index contributed by atoms with van der Waals surface area (Å²) in [5, 5.41) is 38.4. The van der Waals surface area contributed by atoms with Crippen molar-refractivity contribution in [1.29, 1.82) is 0 Å². The zero-order valence-corrected chi connectivity index (χ0v) is 17.1. The lowest BCUT2D eigenvalue weighted by molar-refractivity contribution is -0.384. The molecule has 3 aromatic rings. The number of aliphatic hydroxyl groups excluding tert-OH is 1. The Morgan fingerprint density at radius 1 is 1.33 bits per heavy atom. The number of carbonyl (C=O) groups is 1. The van der Waals surface area contributed by atoms with Crippen LogP contribution in [0.5, 0.6) is 0 Å². The van der Waals surface area contributed by atoms with Crippen LogP contribution in [0.3, 0.4) is 0 Å². The van der Waals surface area contributed by atoms with Crippen LogP contribution in [0.2, 0.25) is 0 Å². The molecule has 0 bridgehead atoms. The van der Waals surface area contributed by atoms with E-state index >= 15 is 0 Å². The van der Waals surface area contributed by atoms with Crippen molar-refractivity contribution in [2.24, 2.45) is 0 Å². The average Bonchev–Trinajstić information content (AvgIpc) is 3.40. The van der Waals surface area contributed by atoms with E-state index in [4.69, 9.17) is 4.74 Å². The Morgan fingerprint density at radius 2 is 2.03 bits per heavy atom. The SMILES string of the molecule is Cc1cn([C@H]2C[C@H](n3nnc(-c4ccc([N+](=O)[O-])cc4)c3C(=O)O)[C@@H](CO)O2)c(=O)[nH]c1=O. The molecule has 0 unspecified atom stereocenters. The average molecular weight is 458 g/mol. The summed E-state index contributed by atoms with van der Waals surface area (Å²) in [5.41, 5.74) is -1.17. The first-order chi connectivity index (χ1) is 15.7. The van der Waals surface area contributed by atoms with Gasteiger partial charge >= 0.3 is 11.7 Å². The van der Waals surface area contributed by atoms with Crippen molar-refractivity contribution in [2.75, 3.05) is 6.61 Å². The van der Waals surface area contributed by atoms with Crippen LogP contribution < -0.4 is 11.2 Å². The molecule has 0 amide bonds. The molecule has 0 saturated carbocycles. The zero-order valence-electron chi connectivity index (χ0n) is 17.1. The minimum atomic E-state index is -1.36. The third-order valence-electron chi connectivity index (χ3n) is 5.40. The molecule has 3 heterocycles. The molecular formula is C19H18N6O8. The van der Waals surface area contributed by atoms with E-state index in [0.717, 1.165) is 9.25 Å². The molecule has 14 heteroatoms. The van der Waals surface area contributed by atoms with Crippen LogP contribution in [0.15, 0.2) is 40.1 Å². The second-order valence-corrected chi connectivity index (χ2v) is 7.43. The Hall–Kier alpha value is -4.17. The van der Waals surface area contributed by atoms with Crippen LogP contribution in [0.4, 0.5) is 5.69 Å². The van der Waals surface area contributed by atoms with Crippen LogP contribution in [0.25, 0.3) is 11.3 Å². The molecule has 1 aliphatic heterocycles. The maximum atomic E-state index is 12.2. The lowest BCUT2D eigenvalue weighted by atomic mass is 10.1. The quantitative estimate of drug-likeness (QED) is 0.340. The van der Waals surface area contributed by atoms with Gasteiger partial charge in [-0.2, -0.15) is 0 Å². The molecule has 3 atom stereocenters. The van der Waals surface area contributed by atoms with E-state index in [2.05, 4.69) is 15.3 Å². The number of H-pyrrole nitrogens is 1. The van der Waals surface area contributed by atoms with Gasteiger partial charge < -0.3 is 14.9 Å². The number of aromatic amines is 1. The second-order valence-electron chi connectivity index (χ2n) is 7.43. The van der Waals surface area contributed by atoms with Crippen LogP contribution >= 0.6 is 0 Å². The van der Waals surface area contributed by atoms with Gasteiger partial charge in [-0.05, 0) is 19.1 Å². The van der Waals surface area contributed by atoms with E-state index in [9.17, 15) is 34.7 Å². The number of non-ortho nitro benzene ring substituents is 1. The fourth-order valence-electron chi connectivity index (χ4n) is 3.77. The van der Waals surface area contributed by atoms with Crippen molar-refractivity contribution in [2.45, 2.75) is 31.7 Å². The van der Waals surface area contributed by atoms with Crippen molar-refractivity contribution in [1.82, 2.24) is 24.5 Å². The van der Waals surface area contributed by atoms with Crippen molar-refractivity contribution < 1.29 is 24.7 Å². The van der Waals surface area contributed by atoms with Gasteiger partial charge in [0.05, 0.1) is 17.6 Å². The molecule has 0 spiro atoms. The van der Waals surface area contributed by atoms with Crippen molar-refractivity contribution in [3.8, 4) is 11.3 Å². The van der Waals surface area contributed by atoms with Crippen LogP contribution in [-0.4, -0.2) is 58.4 Å². The van der Waals surface area contributed by atoms with Crippen LogP contribution in [0, 0.1) is 17.0 Å². The summed E-state index contributed by atoms with van der Waals surface area (Å²) >= 11 is 0. The van der Waals surface area contributed by atoms with Gasteiger partial charge in [0.2, 0.25) is 0 Å². The first-order valence-electron chi connectivity index (χ1n) is 9.73. The normalized spacial score (nSPS) is 20.1. The van der Waals surface area contributed by atoms with E-state index in [0.29, 0.717) is 5.56 Å². The summed E-state index contributed by atoms with van der Waals surface area (Å²) in [4.78, 5) is 48.5. The summed E-state index contributed by atoms with van der Waals surface area (Å²) in [6.45, 7) is 1.02. The number of aryl methyl sites for hydroxylation is 1. The number of benzene rings is 1. The molecule has 33 heavy (non-hydrogen) atoms. The lowest BCUT2D eigenvalue weighted by Gasteiger charge is -2.17. The number of nitro benzene ring substituents is 1. The van der Waals surface area contributed by atoms with Crippen molar-refractivity contribution >= 4 is 11.7 Å². The summed E-state index contributed by atoms with van der Waals surface area (Å²) in [5.74, 6) is -1.36. The molecule has 4 rings (SSSR count). The number of aromatic carboxylic acids is 1. The van der Waals surface area contributed by atoms with Crippen LogP contribution in [0.1, 0.15) is 34.7 Å². The van der Waals surface area contributed by atoms with Gasteiger partial charge in [0, 0.05) is 35.9 Å². The monoisotopic (exact) mass is 458 g/mol. The highest BCUT2D eigenvalue weighted by Gasteiger charge is 2.41. The molecule has 1 saturated heterocycles. The zero-order chi connectivity index (χ0) is 23.9. The second kappa shape index (κ2) is 8.40. The van der Waals surface area contributed by atoms with Gasteiger partial charge in [-0.3, -0.25) is 24.5 Å². The van der Waals surface area contributed by atoms with E-state index in [1.807, 2.05) is 0 Å². The molecular weight excluding hydrogens is 440 g/mol. The van der Waals surface area contributed by atoms with E-state index in [1.54, 1.807) is 0 Å². The van der Waals surface area contributed by atoms with Gasteiger partial charge in [0.25, 0.3) is 11.2 Å². The molecule has 3 N–H and O–H groups in total. The fourth-order valence-corrected chi connectivity index (χ4v) is 3.77. The van der Waals surface area contributed by atoms with E-state index in [1.165, 1.54) is 37.4 Å². The largest absolute Gasteiger partial charge is 0.476 e. The molecule has 1 fully saturated rings. The molecule has 14 nitrogen and oxygen atoms in total. The van der Waals surface area contributed by atoms with E-state index < -0.39 is 47.1 Å². The van der Waals surface area contributed by atoms with E-state index in [-0.39, 0.29) is 29.1 Å². The molecule has 2 aromatic heterocycles. The van der Waals surface area contributed by atoms with Gasteiger partial charge in [-0.1, -0.05) is 5.21 Å². The Morgan fingerprint density at radius 3 is 2.64 bits per heavy atom. The van der Waals surface area contributed by atoms with Crippen molar-refractivity contribution in [3.05, 3.63) is 72.7 Å². The molecule has 0 aliphatic carbocycles.